The Morgan fingerprint density at radius 2 is 1.39 bits per heavy atom. The minimum atomic E-state index is -0.757. The summed E-state index contributed by atoms with van der Waals surface area (Å²) in [5.74, 6) is -2.30. The van der Waals surface area contributed by atoms with E-state index in [0.717, 1.165) is 0 Å². The van der Waals surface area contributed by atoms with Crippen LogP contribution >= 0.6 is 23.5 Å². The number of carbonyl (C=O) groups is 5. The van der Waals surface area contributed by atoms with E-state index >= 15 is 0 Å². The number of hydrogen-bond donors (Lipinski definition) is 4. The molecule has 1 rings (SSSR count). The molecular formula is C19H29N5O5S2. The van der Waals surface area contributed by atoms with Gasteiger partial charge in [0.05, 0.1) is 5.92 Å². The van der Waals surface area contributed by atoms with Crippen LogP contribution in [-0.4, -0.2) is 79.8 Å². The Morgan fingerprint density at radius 3 is 1.81 bits per heavy atom. The second-order valence-corrected chi connectivity index (χ2v) is 8.57. The summed E-state index contributed by atoms with van der Waals surface area (Å²) >= 11 is 2.81. The summed E-state index contributed by atoms with van der Waals surface area (Å²) in [6.45, 7) is 0.228. The standard InChI is InChI=1S/C19H29N5O5S2/c1-20-15(25)3-7-24(8-4-16(26)21-2)19(29)14-11-22-17(27)5-9-30-13-31-10-6-18(28)23-12-14/h5-6,9-10,14H,3-4,7-8,11-13H2,1-2H3,(H,20,25)(H,21,26)(H,22,27)(H,23,28)/b9-5+,10-6+. The van der Waals surface area contributed by atoms with Crippen LogP contribution in [0.2, 0.25) is 0 Å². The van der Waals surface area contributed by atoms with Gasteiger partial charge in [-0.3, -0.25) is 24.0 Å². The molecule has 0 saturated carbocycles. The molecule has 5 amide bonds. The Balaban J connectivity index is 2.94. The Hall–Kier alpha value is -2.47. The quantitative estimate of drug-likeness (QED) is 0.389. The highest BCUT2D eigenvalue weighted by Crippen LogP contribution is 2.14. The first-order chi connectivity index (χ1) is 14.9. The van der Waals surface area contributed by atoms with Crippen LogP contribution in [0.1, 0.15) is 12.8 Å². The van der Waals surface area contributed by atoms with E-state index in [2.05, 4.69) is 21.3 Å². The van der Waals surface area contributed by atoms with Crippen LogP contribution in [0.15, 0.2) is 23.0 Å². The lowest BCUT2D eigenvalue weighted by molar-refractivity contribution is -0.136. The van der Waals surface area contributed by atoms with Gasteiger partial charge in [-0.2, -0.15) is 0 Å². The minimum Gasteiger partial charge on any atom is -0.359 e. The maximum Gasteiger partial charge on any atom is 0.244 e. The van der Waals surface area contributed by atoms with Crippen molar-refractivity contribution in [3.8, 4) is 0 Å². The molecule has 0 atom stereocenters. The highest BCUT2D eigenvalue weighted by atomic mass is 32.2. The fourth-order valence-corrected chi connectivity index (χ4v) is 3.85. The topological polar surface area (TPSA) is 137 Å². The van der Waals surface area contributed by atoms with Crippen molar-refractivity contribution >= 4 is 53.1 Å². The lowest BCUT2D eigenvalue weighted by Gasteiger charge is -2.27. The van der Waals surface area contributed by atoms with E-state index in [0.29, 0.717) is 5.08 Å². The van der Waals surface area contributed by atoms with Crippen LogP contribution in [0.5, 0.6) is 0 Å². The maximum atomic E-state index is 13.2. The smallest absolute Gasteiger partial charge is 0.244 e. The number of hydrogen-bond acceptors (Lipinski definition) is 7. The average molecular weight is 472 g/mol. The summed E-state index contributed by atoms with van der Waals surface area (Å²) in [4.78, 5) is 61.9. The second-order valence-electron chi connectivity index (χ2n) is 6.42. The van der Waals surface area contributed by atoms with Crippen molar-refractivity contribution < 1.29 is 24.0 Å². The van der Waals surface area contributed by atoms with E-state index in [-0.39, 0.29) is 68.6 Å². The number of carbonyl (C=O) groups excluding carboxylic acids is 5. The monoisotopic (exact) mass is 471 g/mol. The van der Waals surface area contributed by atoms with Crippen LogP contribution in [0, 0.1) is 5.92 Å². The third kappa shape index (κ3) is 11.5. The van der Waals surface area contributed by atoms with Crippen molar-refractivity contribution in [2.24, 2.45) is 5.92 Å². The van der Waals surface area contributed by atoms with Gasteiger partial charge in [0.25, 0.3) is 0 Å². The van der Waals surface area contributed by atoms with E-state index in [1.165, 1.54) is 54.7 Å². The maximum absolute atomic E-state index is 13.2. The number of rotatable bonds is 7. The lowest BCUT2D eigenvalue weighted by Crippen LogP contribution is -2.47. The van der Waals surface area contributed by atoms with Gasteiger partial charge in [0.15, 0.2) is 0 Å². The lowest BCUT2D eigenvalue weighted by atomic mass is 10.1. The van der Waals surface area contributed by atoms with Gasteiger partial charge in [-0.15, -0.1) is 23.5 Å². The molecule has 10 nitrogen and oxygen atoms in total. The van der Waals surface area contributed by atoms with Crippen molar-refractivity contribution in [2.45, 2.75) is 12.8 Å². The van der Waals surface area contributed by atoms with Crippen LogP contribution < -0.4 is 21.3 Å². The van der Waals surface area contributed by atoms with Gasteiger partial charge in [0, 0.05) is 70.4 Å². The Bertz CT molecular complexity index is 664. The van der Waals surface area contributed by atoms with Gasteiger partial charge in [-0.05, 0) is 10.8 Å². The van der Waals surface area contributed by atoms with Crippen molar-refractivity contribution in [3.63, 3.8) is 0 Å². The molecule has 0 spiro atoms. The zero-order chi connectivity index (χ0) is 23.1. The van der Waals surface area contributed by atoms with E-state index in [1.807, 2.05) is 0 Å². The summed E-state index contributed by atoms with van der Waals surface area (Å²) in [7, 11) is 3.00. The first-order valence-electron chi connectivity index (χ1n) is 9.69. The molecule has 0 unspecified atom stereocenters. The highest BCUT2D eigenvalue weighted by Gasteiger charge is 2.26. The van der Waals surface area contributed by atoms with Crippen LogP contribution in [0.25, 0.3) is 0 Å². The molecule has 0 fully saturated rings. The van der Waals surface area contributed by atoms with Gasteiger partial charge < -0.3 is 26.2 Å². The molecule has 4 N–H and O–H groups in total. The summed E-state index contributed by atoms with van der Waals surface area (Å²) in [5.41, 5.74) is 0. The molecule has 0 bridgehead atoms. The van der Waals surface area contributed by atoms with Crippen LogP contribution in [0.4, 0.5) is 0 Å². The molecule has 31 heavy (non-hydrogen) atoms. The van der Waals surface area contributed by atoms with E-state index in [1.54, 1.807) is 10.8 Å². The summed E-state index contributed by atoms with van der Waals surface area (Å²) < 4.78 is 0. The number of amides is 5. The molecular weight excluding hydrogens is 442 g/mol. The molecule has 0 aliphatic carbocycles. The Labute approximate surface area is 190 Å². The Morgan fingerprint density at radius 1 is 0.935 bits per heavy atom. The van der Waals surface area contributed by atoms with E-state index < -0.39 is 5.92 Å². The minimum absolute atomic E-state index is 0.00185. The van der Waals surface area contributed by atoms with Crippen LogP contribution in [-0.2, 0) is 24.0 Å². The van der Waals surface area contributed by atoms with Crippen LogP contribution in [0.3, 0.4) is 0 Å². The highest BCUT2D eigenvalue weighted by molar-refractivity contribution is 8.18. The first-order valence-corrected chi connectivity index (χ1v) is 11.8. The fraction of sp³-hybridized carbons (Fsp3) is 0.526. The number of nitrogens with zero attached hydrogens (tertiary/aromatic N) is 1. The second kappa shape index (κ2) is 15.3. The van der Waals surface area contributed by atoms with Gasteiger partial charge in [0.1, 0.15) is 0 Å². The molecule has 0 saturated heterocycles. The average Bonchev–Trinajstić information content (AvgIpc) is 2.76. The van der Waals surface area contributed by atoms with Gasteiger partial charge in [-0.1, -0.05) is 0 Å². The predicted molar refractivity (Wildman–Crippen MR) is 122 cm³/mol. The summed E-state index contributed by atoms with van der Waals surface area (Å²) in [6.07, 6.45) is 2.91. The van der Waals surface area contributed by atoms with Gasteiger partial charge in [0.2, 0.25) is 29.5 Å². The third-order valence-corrected chi connectivity index (χ3v) is 5.99. The summed E-state index contributed by atoms with van der Waals surface area (Å²) in [5, 5.41) is 14.3. The zero-order valence-electron chi connectivity index (χ0n) is 17.6. The SMILES string of the molecule is CNC(=O)CCN(CCC(=O)NC)C(=O)C1CNC(=O)/C=C/SCS/C=C/C(=O)NC1. The van der Waals surface area contributed by atoms with Crippen molar-refractivity contribution in [1.29, 1.82) is 0 Å². The zero-order valence-corrected chi connectivity index (χ0v) is 19.3. The molecule has 1 aliphatic heterocycles. The molecule has 1 aliphatic rings. The largest absolute Gasteiger partial charge is 0.359 e. The number of thioether (sulfide) groups is 2. The first kappa shape index (κ1) is 26.6. The normalized spacial score (nSPS) is 18.0. The van der Waals surface area contributed by atoms with Gasteiger partial charge in [-0.25, -0.2) is 0 Å². The van der Waals surface area contributed by atoms with Crippen molar-refractivity contribution in [1.82, 2.24) is 26.2 Å². The predicted octanol–water partition coefficient (Wildman–Crippen LogP) is -0.599. The number of nitrogens with one attached hydrogen (secondary N) is 4. The Kier molecular flexibility index (Phi) is 13.2. The molecule has 0 aromatic carbocycles. The molecule has 0 aromatic rings. The van der Waals surface area contributed by atoms with E-state index in [9.17, 15) is 24.0 Å². The molecule has 12 heteroatoms. The molecule has 0 aromatic heterocycles. The summed E-state index contributed by atoms with van der Waals surface area (Å²) in [6, 6.07) is 0. The fourth-order valence-electron chi connectivity index (χ4n) is 2.46. The van der Waals surface area contributed by atoms with Crippen molar-refractivity contribution in [3.05, 3.63) is 23.0 Å². The molecule has 1 heterocycles. The van der Waals surface area contributed by atoms with E-state index in [4.69, 9.17) is 0 Å². The molecule has 0 radical (unpaired) electrons. The van der Waals surface area contributed by atoms with Gasteiger partial charge >= 0.3 is 0 Å². The third-order valence-electron chi connectivity index (χ3n) is 4.25. The van der Waals surface area contributed by atoms with Crippen molar-refractivity contribution in [2.75, 3.05) is 45.4 Å². The molecule has 172 valence electrons.